The molecule has 0 aliphatic carbocycles. The van der Waals surface area contributed by atoms with Crippen LogP contribution in [0.3, 0.4) is 0 Å². The molecular weight excluding hydrogens is 296 g/mol. The van der Waals surface area contributed by atoms with Gasteiger partial charge in [-0.2, -0.15) is 5.26 Å². The Morgan fingerprint density at radius 1 is 0.792 bits per heavy atom. The fraction of sp³-hybridized carbons (Fsp3) is 0. The first-order chi connectivity index (χ1) is 11.9. The largest absolute Gasteiger partial charge is 0.300 e. The molecule has 0 bridgehead atoms. The van der Waals surface area contributed by atoms with Crippen molar-refractivity contribution in [1.29, 1.82) is 5.26 Å². The molecule has 4 heterocycles. The molecule has 5 aromatic rings. The molecule has 0 saturated heterocycles. The zero-order chi connectivity index (χ0) is 16.1. The van der Waals surface area contributed by atoms with Crippen LogP contribution in [-0.4, -0.2) is 13.8 Å². The monoisotopic (exact) mass is 308 g/mol. The fourth-order valence-corrected chi connectivity index (χ4v) is 3.37. The van der Waals surface area contributed by atoms with Crippen LogP contribution in [0.4, 0.5) is 0 Å². The Labute approximate surface area is 137 Å². The van der Waals surface area contributed by atoms with Crippen LogP contribution in [-0.2, 0) is 0 Å². The van der Waals surface area contributed by atoms with E-state index in [9.17, 15) is 5.26 Å². The molecule has 0 aliphatic heterocycles. The molecule has 0 aliphatic rings. The van der Waals surface area contributed by atoms with Gasteiger partial charge in [-0.3, -0.25) is 4.40 Å². The van der Waals surface area contributed by atoms with Crippen LogP contribution in [0.1, 0.15) is 5.56 Å². The highest BCUT2D eigenvalue weighted by Gasteiger charge is 2.18. The van der Waals surface area contributed by atoms with Crippen molar-refractivity contribution < 1.29 is 0 Å². The van der Waals surface area contributed by atoms with Crippen molar-refractivity contribution in [2.45, 2.75) is 0 Å². The smallest absolute Gasteiger partial charge is 0.150 e. The lowest BCUT2D eigenvalue weighted by atomic mass is 10.1. The summed E-state index contributed by atoms with van der Waals surface area (Å²) in [5.41, 5.74) is 4.41. The molecule has 24 heavy (non-hydrogen) atoms. The summed E-state index contributed by atoms with van der Waals surface area (Å²) in [6, 6.07) is 22.4. The minimum Gasteiger partial charge on any atom is -0.300 e. The molecule has 4 heteroatoms. The fourth-order valence-electron chi connectivity index (χ4n) is 3.37. The third kappa shape index (κ3) is 1.58. The topological polar surface area (TPSA) is 45.5 Å². The lowest BCUT2D eigenvalue weighted by Crippen LogP contribution is -1.97. The summed E-state index contributed by atoms with van der Waals surface area (Å²) in [5.74, 6) is 0.871. The van der Waals surface area contributed by atoms with E-state index in [0.29, 0.717) is 5.56 Å². The molecule has 4 aromatic heterocycles. The van der Waals surface area contributed by atoms with E-state index in [2.05, 4.69) is 22.6 Å². The number of aromatic nitrogens is 3. The summed E-state index contributed by atoms with van der Waals surface area (Å²) in [4.78, 5) is 4.92. The molecule has 1 aromatic carbocycles. The Balaban J connectivity index is 2.06. The minimum absolute atomic E-state index is 0.668. The normalized spacial score (nSPS) is 11.3. The molecule has 0 fully saturated rings. The quantitative estimate of drug-likeness (QED) is 0.464. The lowest BCUT2D eigenvalue weighted by Gasteiger charge is -2.07. The Morgan fingerprint density at radius 2 is 1.54 bits per heavy atom. The number of hydrogen-bond acceptors (Lipinski definition) is 2. The minimum atomic E-state index is 0.668. The van der Waals surface area contributed by atoms with Crippen molar-refractivity contribution in [1.82, 2.24) is 13.8 Å². The number of nitrogens with zero attached hydrogens (tertiary/aromatic N) is 4. The van der Waals surface area contributed by atoms with Crippen molar-refractivity contribution in [3.8, 4) is 17.5 Å². The Bertz CT molecular complexity index is 1250. The van der Waals surface area contributed by atoms with Gasteiger partial charge in [0.1, 0.15) is 17.5 Å². The second-order valence-corrected chi connectivity index (χ2v) is 5.71. The highest BCUT2D eigenvalue weighted by molar-refractivity contribution is 6.04. The van der Waals surface area contributed by atoms with E-state index in [0.717, 1.165) is 33.5 Å². The van der Waals surface area contributed by atoms with E-state index in [-0.39, 0.29) is 0 Å². The highest BCUT2D eigenvalue weighted by atomic mass is 15.1. The predicted octanol–water partition coefficient (Wildman–Crippen LogP) is 4.28. The van der Waals surface area contributed by atoms with Gasteiger partial charge < -0.3 is 4.40 Å². The average Bonchev–Trinajstić information content (AvgIpc) is 3.24. The van der Waals surface area contributed by atoms with E-state index < -0.39 is 0 Å². The molecule has 0 spiro atoms. The molecule has 5 rings (SSSR count). The molecule has 0 radical (unpaired) electrons. The zero-order valence-corrected chi connectivity index (χ0v) is 12.7. The van der Waals surface area contributed by atoms with Gasteiger partial charge in [0.2, 0.25) is 0 Å². The average molecular weight is 308 g/mol. The molecule has 0 N–H and O–H groups in total. The Kier molecular flexibility index (Phi) is 2.53. The lowest BCUT2D eigenvalue weighted by molar-refractivity contribution is 1.11. The second-order valence-electron chi connectivity index (χ2n) is 5.71. The SMILES string of the molecule is N#Cc1c2c3cccn3c(-c3ccccc3)nc2n2ccccc12. The number of hydrogen-bond donors (Lipinski definition) is 0. The van der Waals surface area contributed by atoms with Crippen molar-refractivity contribution in [3.05, 3.63) is 78.6 Å². The van der Waals surface area contributed by atoms with Gasteiger partial charge in [-0.05, 0) is 24.3 Å². The van der Waals surface area contributed by atoms with Gasteiger partial charge >= 0.3 is 0 Å². The van der Waals surface area contributed by atoms with E-state index >= 15 is 0 Å². The van der Waals surface area contributed by atoms with Crippen molar-refractivity contribution >= 4 is 22.1 Å². The summed E-state index contributed by atoms with van der Waals surface area (Å²) in [5, 5.41) is 10.6. The van der Waals surface area contributed by atoms with Crippen molar-refractivity contribution in [3.63, 3.8) is 0 Å². The first kappa shape index (κ1) is 12.9. The number of fused-ring (bicyclic) bond motifs is 5. The van der Waals surface area contributed by atoms with Gasteiger partial charge in [-0.1, -0.05) is 36.4 Å². The number of pyridine rings is 1. The van der Waals surface area contributed by atoms with Crippen LogP contribution in [0, 0.1) is 11.3 Å². The summed E-state index contributed by atoms with van der Waals surface area (Å²) >= 11 is 0. The van der Waals surface area contributed by atoms with E-state index in [4.69, 9.17) is 4.98 Å². The first-order valence-corrected chi connectivity index (χ1v) is 7.74. The van der Waals surface area contributed by atoms with E-state index in [1.807, 2.05) is 65.3 Å². The van der Waals surface area contributed by atoms with Gasteiger partial charge in [0.15, 0.2) is 0 Å². The van der Waals surface area contributed by atoms with Crippen molar-refractivity contribution in [2.24, 2.45) is 0 Å². The highest BCUT2D eigenvalue weighted by Crippen LogP contribution is 2.32. The first-order valence-electron chi connectivity index (χ1n) is 7.74. The van der Waals surface area contributed by atoms with E-state index in [1.54, 1.807) is 0 Å². The maximum Gasteiger partial charge on any atom is 0.150 e. The summed E-state index contributed by atoms with van der Waals surface area (Å²) in [6.45, 7) is 0. The van der Waals surface area contributed by atoms with Gasteiger partial charge in [-0.15, -0.1) is 0 Å². The van der Waals surface area contributed by atoms with Gasteiger partial charge in [0.25, 0.3) is 0 Å². The second kappa shape index (κ2) is 4.71. The molecule has 0 unspecified atom stereocenters. The number of nitriles is 1. The third-order valence-corrected chi connectivity index (χ3v) is 4.41. The van der Waals surface area contributed by atoms with E-state index in [1.165, 1.54) is 0 Å². The zero-order valence-electron chi connectivity index (χ0n) is 12.7. The molecular formula is C20H12N4. The number of rotatable bonds is 1. The van der Waals surface area contributed by atoms with Gasteiger partial charge in [-0.25, -0.2) is 4.98 Å². The van der Waals surface area contributed by atoms with Crippen LogP contribution < -0.4 is 0 Å². The van der Waals surface area contributed by atoms with Crippen LogP contribution in [0.25, 0.3) is 33.5 Å². The van der Waals surface area contributed by atoms with Gasteiger partial charge in [0, 0.05) is 18.0 Å². The molecule has 0 saturated carbocycles. The third-order valence-electron chi connectivity index (χ3n) is 4.41. The predicted molar refractivity (Wildman–Crippen MR) is 93.8 cm³/mol. The van der Waals surface area contributed by atoms with Crippen molar-refractivity contribution in [2.75, 3.05) is 0 Å². The molecule has 4 nitrogen and oxygen atoms in total. The summed E-state index contributed by atoms with van der Waals surface area (Å²) in [6.07, 6.45) is 3.95. The van der Waals surface area contributed by atoms with Crippen LogP contribution in [0.15, 0.2) is 73.1 Å². The van der Waals surface area contributed by atoms with Crippen LogP contribution in [0.2, 0.25) is 0 Å². The molecule has 0 atom stereocenters. The molecule has 0 amide bonds. The van der Waals surface area contributed by atoms with Crippen LogP contribution in [0.5, 0.6) is 0 Å². The molecule has 112 valence electrons. The Hall–Kier alpha value is -3.58. The maximum atomic E-state index is 9.71. The standard InChI is InChI=1S/C20H12N4/c21-13-15-16-9-4-5-11-23(16)20-18(15)17-10-6-12-24(17)19(22-20)14-7-2-1-3-8-14/h1-12H. The van der Waals surface area contributed by atoms with Gasteiger partial charge in [0.05, 0.1) is 22.0 Å². The maximum absolute atomic E-state index is 9.71. The Morgan fingerprint density at radius 3 is 2.38 bits per heavy atom. The summed E-state index contributed by atoms with van der Waals surface area (Å²) in [7, 11) is 0. The summed E-state index contributed by atoms with van der Waals surface area (Å²) < 4.78 is 4.05. The number of benzene rings is 1. The van der Waals surface area contributed by atoms with Crippen LogP contribution >= 0.6 is 0 Å².